The van der Waals surface area contributed by atoms with Gasteiger partial charge in [0.2, 0.25) is 10.0 Å². The van der Waals surface area contributed by atoms with Crippen LogP contribution in [0.15, 0.2) is 53.7 Å². The molecule has 0 bridgehead atoms. The number of ether oxygens (including phenoxy) is 1. The summed E-state index contributed by atoms with van der Waals surface area (Å²) in [7, 11) is -2.06. The molecule has 2 aromatic heterocycles. The van der Waals surface area contributed by atoms with Gasteiger partial charge in [-0.1, -0.05) is 0 Å². The Morgan fingerprint density at radius 1 is 1.15 bits per heavy atom. The number of anilines is 1. The van der Waals surface area contributed by atoms with Crippen LogP contribution >= 0.6 is 0 Å². The summed E-state index contributed by atoms with van der Waals surface area (Å²) < 4.78 is 33.8. The van der Waals surface area contributed by atoms with Crippen molar-refractivity contribution >= 4 is 15.8 Å². The second-order valence-electron chi connectivity index (χ2n) is 5.61. The SMILES string of the molecule is COc1ccc(S(=O)(=O)NCCNc2cc(-n3cccn3)nc(C)n2)cc1. The van der Waals surface area contributed by atoms with Gasteiger partial charge < -0.3 is 10.1 Å². The summed E-state index contributed by atoms with van der Waals surface area (Å²) in [5.41, 5.74) is 0. The molecule has 9 nitrogen and oxygen atoms in total. The summed E-state index contributed by atoms with van der Waals surface area (Å²) in [6, 6.07) is 9.76. The first-order valence-electron chi connectivity index (χ1n) is 8.21. The molecule has 0 aliphatic heterocycles. The fourth-order valence-corrected chi connectivity index (χ4v) is 3.41. The Balaban J connectivity index is 1.58. The molecule has 0 aliphatic rings. The fourth-order valence-electron chi connectivity index (χ4n) is 2.38. The van der Waals surface area contributed by atoms with E-state index in [1.807, 2.05) is 0 Å². The van der Waals surface area contributed by atoms with E-state index >= 15 is 0 Å². The number of nitrogens with one attached hydrogen (secondary N) is 2. The van der Waals surface area contributed by atoms with Gasteiger partial charge in [0.05, 0.1) is 12.0 Å². The predicted octanol–water partition coefficient (Wildman–Crippen LogP) is 1.37. The maximum Gasteiger partial charge on any atom is 0.240 e. The first kappa shape index (κ1) is 18.8. The second kappa shape index (κ2) is 8.14. The summed E-state index contributed by atoms with van der Waals surface area (Å²) in [6.45, 7) is 2.35. The van der Waals surface area contributed by atoms with Gasteiger partial charge in [-0.3, -0.25) is 0 Å². The van der Waals surface area contributed by atoms with E-state index in [9.17, 15) is 8.42 Å². The van der Waals surface area contributed by atoms with E-state index in [1.165, 1.54) is 19.2 Å². The van der Waals surface area contributed by atoms with Gasteiger partial charge in [0.1, 0.15) is 17.4 Å². The smallest absolute Gasteiger partial charge is 0.240 e. The Bertz CT molecular complexity index is 988. The third-order valence-corrected chi connectivity index (χ3v) is 5.13. The van der Waals surface area contributed by atoms with Gasteiger partial charge in [0, 0.05) is 31.5 Å². The van der Waals surface area contributed by atoms with Crippen LogP contribution in [-0.4, -0.2) is 48.4 Å². The molecule has 0 atom stereocenters. The minimum absolute atomic E-state index is 0.183. The normalized spacial score (nSPS) is 11.3. The summed E-state index contributed by atoms with van der Waals surface area (Å²) in [6.07, 6.45) is 3.45. The largest absolute Gasteiger partial charge is 0.497 e. The van der Waals surface area contributed by atoms with Crippen molar-refractivity contribution in [3.8, 4) is 11.6 Å². The van der Waals surface area contributed by atoms with Crippen LogP contribution in [0.1, 0.15) is 5.82 Å². The number of nitrogens with zero attached hydrogens (tertiary/aromatic N) is 4. The molecule has 0 amide bonds. The number of aryl methyl sites for hydroxylation is 1. The van der Waals surface area contributed by atoms with Crippen LogP contribution in [0.5, 0.6) is 5.75 Å². The van der Waals surface area contributed by atoms with Crippen LogP contribution in [0, 0.1) is 6.92 Å². The molecule has 10 heteroatoms. The molecule has 3 rings (SSSR count). The van der Waals surface area contributed by atoms with Gasteiger partial charge in [-0.25, -0.2) is 27.8 Å². The second-order valence-corrected chi connectivity index (χ2v) is 7.38. The molecule has 0 spiro atoms. The third-order valence-electron chi connectivity index (χ3n) is 3.66. The number of sulfonamides is 1. The number of rotatable bonds is 8. The molecule has 0 saturated heterocycles. The number of aromatic nitrogens is 4. The predicted molar refractivity (Wildman–Crippen MR) is 101 cm³/mol. The van der Waals surface area contributed by atoms with Gasteiger partial charge in [0.15, 0.2) is 5.82 Å². The Hall–Kier alpha value is -2.98. The maximum absolute atomic E-state index is 12.3. The van der Waals surface area contributed by atoms with Crippen LogP contribution < -0.4 is 14.8 Å². The van der Waals surface area contributed by atoms with Gasteiger partial charge in [-0.05, 0) is 37.3 Å². The molecule has 1 aromatic carbocycles. The molecule has 0 radical (unpaired) electrons. The lowest BCUT2D eigenvalue weighted by atomic mass is 10.3. The summed E-state index contributed by atoms with van der Waals surface area (Å²) in [5, 5.41) is 7.23. The van der Waals surface area contributed by atoms with Crippen LogP contribution in [-0.2, 0) is 10.0 Å². The standard InChI is InChI=1S/C17H20N6O3S/c1-13-21-16(12-17(22-13)23-11-3-8-19-23)18-9-10-20-27(24,25)15-6-4-14(26-2)5-7-15/h3-8,11-12,20H,9-10H2,1-2H3,(H,18,21,22). The lowest BCUT2D eigenvalue weighted by molar-refractivity contribution is 0.414. The first-order valence-corrected chi connectivity index (χ1v) is 9.69. The van der Waals surface area contributed by atoms with E-state index in [0.717, 1.165) is 0 Å². The lowest BCUT2D eigenvalue weighted by Gasteiger charge is -2.10. The molecule has 2 N–H and O–H groups in total. The molecule has 2 heterocycles. The van der Waals surface area contributed by atoms with Gasteiger partial charge in [-0.2, -0.15) is 5.10 Å². The molecule has 142 valence electrons. The number of benzene rings is 1. The molecule has 0 saturated carbocycles. The Morgan fingerprint density at radius 3 is 2.59 bits per heavy atom. The van der Waals surface area contributed by atoms with Crippen molar-refractivity contribution in [3.63, 3.8) is 0 Å². The first-order chi connectivity index (χ1) is 13.0. The summed E-state index contributed by atoms with van der Waals surface area (Å²) in [4.78, 5) is 8.81. The molecule has 3 aromatic rings. The van der Waals surface area contributed by atoms with Gasteiger partial charge in [-0.15, -0.1) is 0 Å². The van der Waals surface area contributed by atoms with Crippen molar-refractivity contribution in [3.05, 3.63) is 54.6 Å². The molecular weight excluding hydrogens is 368 g/mol. The van der Waals surface area contributed by atoms with E-state index in [0.29, 0.717) is 29.8 Å². The van der Waals surface area contributed by atoms with Crippen molar-refractivity contribution in [1.29, 1.82) is 0 Å². The highest BCUT2D eigenvalue weighted by Gasteiger charge is 2.13. The Kier molecular flexibility index (Phi) is 5.67. The number of hydrogen-bond donors (Lipinski definition) is 2. The molecule has 0 aliphatic carbocycles. The average molecular weight is 388 g/mol. The zero-order valence-corrected chi connectivity index (χ0v) is 15.8. The van der Waals surface area contributed by atoms with Gasteiger partial charge >= 0.3 is 0 Å². The Labute approximate surface area is 157 Å². The fraction of sp³-hybridized carbons (Fsp3) is 0.235. The maximum atomic E-state index is 12.3. The van der Waals surface area contributed by atoms with Crippen molar-refractivity contribution in [2.75, 3.05) is 25.5 Å². The minimum atomic E-state index is -3.58. The van der Waals surface area contributed by atoms with Crippen LogP contribution in [0.3, 0.4) is 0 Å². The zero-order chi connectivity index (χ0) is 19.3. The minimum Gasteiger partial charge on any atom is -0.497 e. The quantitative estimate of drug-likeness (QED) is 0.561. The number of methoxy groups -OCH3 is 1. The molecule has 0 fully saturated rings. The third kappa shape index (κ3) is 4.80. The van der Waals surface area contributed by atoms with Crippen molar-refractivity contribution < 1.29 is 13.2 Å². The van der Waals surface area contributed by atoms with E-state index in [4.69, 9.17) is 4.74 Å². The lowest BCUT2D eigenvalue weighted by Crippen LogP contribution is -2.29. The van der Waals surface area contributed by atoms with Crippen LogP contribution in [0.4, 0.5) is 5.82 Å². The van der Waals surface area contributed by atoms with E-state index < -0.39 is 10.0 Å². The van der Waals surface area contributed by atoms with E-state index in [2.05, 4.69) is 25.1 Å². The Morgan fingerprint density at radius 2 is 1.93 bits per heavy atom. The topological polar surface area (TPSA) is 111 Å². The molecule has 27 heavy (non-hydrogen) atoms. The van der Waals surface area contributed by atoms with Crippen LogP contribution in [0.25, 0.3) is 5.82 Å². The van der Waals surface area contributed by atoms with Gasteiger partial charge in [0.25, 0.3) is 0 Å². The highest BCUT2D eigenvalue weighted by molar-refractivity contribution is 7.89. The van der Waals surface area contributed by atoms with E-state index in [1.54, 1.807) is 48.3 Å². The zero-order valence-electron chi connectivity index (χ0n) is 15.0. The molecular formula is C17H20N6O3S. The average Bonchev–Trinajstić information content (AvgIpc) is 3.20. The van der Waals surface area contributed by atoms with E-state index in [-0.39, 0.29) is 11.4 Å². The molecule has 0 unspecified atom stereocenters. The highest BCUT2D eigenvalue weighted by atomic mass is 32.2. The highest BCUT2D eigenvalue weighted by Crippen LogP contribution is 2.15. The summed E-state index contributed by atoms with van der Waals surface area (Å²) in [5.74, 6) is 2.41. The van der Waals surface area contributed by atoms with Crippen molar-refractivity contribution in [1.82, 2.24) is 24.5 Å². The summed E-state index contributed by atoms with van der Waals surface area (Å²) >= 11 is 0. The monoisotopic (exact) mass is 388 g/mol. The van der Waals surface area contributed by atoms with Crippen LogP contribution in [0.2, 0.25) is 0 Å². The van der Waals surface area contributed by atoms with Crippen molar-refractivity contribution in [2.24, 2.45) is 0 Å². The van der Waals surface area contributed by atoms with Crippen molar-refractivity contribution in [2.45, 2.75) is 11.8 Å². The number of hydrogen-bond acceptors (Lipinski definition) is 7.